The van der Waals surface area contributed by atoms with Gasteiger partial charge in [-0.15, -0.1) is 0 Å². The highest BCUT2D eigenvalue weighted by molar-refractivity contribution is 5.76. The summed E-state index contributed by atoms with van der Waals surface area (Å²) in [7, 11) is 1.95. The lowest BCUT2D eigenvalue weighted by Gasteiger charge is -2.38. The van der Waals surface area contributed by atoms with Crippen LogP contribution in [0.5, 0.6) is 0 Å². The van der Waals surface area contributed by atoms with Crippen LogP contribution in [0.4, 0.5) is 0 Å². The Kier molecular flexibility index (Phi) is 7.67. The lowest BCUT2D eigenvalue weighted by Crippen LogP contribution is -2.49. The Bertz CT molecular complexity index is 326. The molecule has 0 aromatic carbocycles. The third kappa shape index (κ3) is 5.88. The van der Waals surface area contributed by atoms with E-state index in [0.717, 1.165) is 19.4 Å². The van der Waals surface area contributed by atoms with E-state index >= 15 is 0 Å². The van der Waals surface area contributed by atoms with Crippen molar-refractivity contribution < 1.29 is 4.79 Å². The molecule has 2 aliphatic heterocycles. The van der Waals surface area contributed by atoms with E-state index in [1.807, 2.05) is 11.9 Å². The number of nitrogens with zero attached hydrogens (tertiary/aromatic N) is 3. The van der Waals surface area contributed by atoms with E-state index in [1.54, 1.807) is 0 Å². The van der Waals surface area contributed by atoms with Gasteiger partial charge in [-0.3, -0.25) is 4.79 Å². The Morgan fingerprint density at radius 3 is 2.36 bits per heavy atom. The van der Waals surface area contributed by atoms with E-state index in [2.05, 4.69) is 16.7 Å². The van der Waals surface area contributed by atoms with Crippen LogP contribution >= 0.6 is 0 Å². The largest absolute Gasteiger partial charge is 0.345 e. The zero-order chi connectivity index (χ0) is 15.8. The molecule has 22 heavy (non-hydrogen) atoms. The predicted molar refractivity (Wildman–Crippen MR) is 92.0 cm³/mol. The second kappa shape index (κ2) is 9.51. The molecule has 2 fully saturated rings. The highest BCUT2D eigenvalue weighted by Gasteiger charge is 2.26. The van der Waals surface area contributed by atoms with Gasteiger partial charge in [0.1, 0.15) is 0 Å². The normalized spacial score (nSPS) is 24.9. The lowest BCUT2D eigenvalue weighted by atomic mass is 9.97. The van der Waals surface area contributed by atoms with Crippen molar-refractivity contribution in [1.82, 2.24) is 14.7 Å². The van der Waals surface area contributed by atoms with E-state index in [4.69, 9.17) is 0 Å². The number of piperidine rings is 1. The number of carbonyl (C=O) groups is 1. The molecule has 0 saturated carbocycles. The van der Waals surface area contributed by atoms with Gasteiger partial charge in [0.05, 0.1) is 0 Å². The van der Waals surface area contributed by atoms with Gasteiger partial charge in [-0.05, 0) is 25.3 Å². The van der Waals surface area contributed by atoms with E-state index in [9.17, 15) is 4.79 Å². The van der Waals surface area contributed by atoms with Crippen molar-refractivity contribution in [2.75, 3.05) is 52.9 Å². The molecule has 2 aliphatic rings. The third-order valence-electron chi connectivity index (χ3n) is 5.28. The number of hydrogen-bond donors (Lipinski definition) is 0. The van der Waals surface area contributed by atoms with Gasteiger partial charge in [0, 0.05) is 52.7 Å². The Hall–Kier alpha value is -0.610. The molecule has 2 heterocycles. The number of piperazine rings is 1. The first-order valence-electron chi connectivity index (χ1n) is 9.37. The van der Waals surface area contributed by atoms with Crippen LogP contribution in [0.25, 0.3) is 0 Å². The summed E-state index contributed by atoms with van der Waals surface area (Å²) in [4.78, 5) is 18.7. The molecule has 0 N–H and O–H groups in total. The van der Waals surface area contributed by atoms with Gasteiger partial charge in [0.15, 0.2) is 0 Å². The summed E-state index contributed by atoms with van der Waals surface area (Å²) >= 11 is 0. The van der Waals surface area contributed by atoms with Gasteiger partial charge in [-0.25, -0.2) is 0 Å². The van der Waals surface area contributed by atoms with Crippen molar-refractivity contribution >= 4 is 5.91 Å². The number of likely N-dealkylation sites (tertiary alicyclic amines) is 1. The molecular weight excluding hydrogens is 274 g/mol. The summed E-state index contributed by atoms with van der Waals surface area (Å²) in [5.41, 5.74) is 0. The molecular formula is C18H35N3O. The van der Waals surface area contributed by atoms with Gasteiger partial charge in [0.25, 0.3) is 0 Å². The van der Waals surface area contributed by atoms with Crippen LogP contribution in [-0.2, 0) is 4.79 Å². The Balaban J connectivity index is 1.56. The van der Waals surface area contributed by atoms with Gasteiger partial charge in [0.2, 0.25) is 5.91 Å². The molecule has 2 rings (SSSR count). The van der Waals surface area contributed by atoms with Crippen molar-refractivity contribution in [2.45, 2.75) is 51.9 Å². The fourth-order valence-corrected chi connectivity index (χ4v) is 3.75. The fourth-order valence-electron chi connectivity index (χ4n) is 3.75. The molecule has 4 nitrogen and oxygen atoms in total. The Labute approximate surface area is 136 Å². The molecule has 1 unspecified atom stereocenters. The number of unbranched alkanes of at least 4 members (excludes halogenated alkanes) is 4. The van der Waals surface area contributed by atoms with E-state index in [-0.39, 0.29) is 0 Å². The summed E-state index contributed by atoms with van der Waals surface area (Å²) < 4.78 is 0. The van der Waals surface area contributed by atoms with Gasteiger partial charge in [-0.2, -0.15) is 0 Å². The monoisotopic (exact) mass is 309 g/mol. The van der Waals surface area contributed by atoms with Crippen LogP contribution in [0, 0.1) is 5.92 Å². The van der Waals surface area contributed by atoms with E-state index < -0.39 is 0 Å². The maximum atomic E-state index is 11.5. The number of hydrogen-bond acceptors (Lipinski definition) is 3. The predicted octanol–water partition coefficient (Wildman–Crippen LogP) is 2.44. The van der Waals surface area contributed by atoms with Crippen LogP contribution in [0.15, 0.2) is 0 Å². The summed E-state index contributed by atoms with van der Waals surface area (Å²) in [6.07, 6.45) is 8.74. The molecule has 128 valence electrons. The second-order valence-electron chi connectivity index (χ2n) is 7.24. The zero-order valence-corrected chi connectivity index (χ0v) is 14.7. The average Bonchev–Trinajstić information content (AvgIpc) is 2.52. The summed E-state index contributed by atoms with van der Waals surface area (Å²) in [5, 5.41) is 0. The van der Waals surface area contributed by atoms with Gasteiger partial charge in [-0.1, -0.05) is 32.6 Å². The quantitative estimate of drug-likeness (QED) is 0.644. The van der Waals surface area contributed by atoms with Crippen molar-refractivity contribution in [2.24, 2.45) is 5.92 Å². The smallest absolute Gasteiger partial charge is 0.222 e. The molecule has 2 saturated heterocycles. The highest BCUT2D eigenvalue weighted by atomic mass is 16.2. The molecule has 0 bridgehead atoms. The first kappa shape index (κ1) is 17.7. The zero-order valence-electron chi connectivity index (χ0n) is 14.7. The second-order valence-corrected chi connectivity index (χ2v) is 7.24. The van der Waals surface area contributed by atoms with Crippen LogP contribution in [0.3, 0.4) is 0 Å². The molecule has 1 amide bonds. The van der Waals surface area contributed by atoms with Crippen LogP contribution in [0.1, 0.15) is 51.9 Å². The first-order valence-corrected chi connectivity index (χ1v) is 9.37. The van der Waals surface area contributed by atoms with Crippen molar-refractivity contribution in [3.63, 3.8) is 0 Å². The molecule has 0 aromatic rings. The summed E-state index contributed by atoms with van der Waals surface area (Å²) in [6.45, 7) is 10.6. The highest BCUT2D eigenvalue weighted by Crippen LogP contribution is 2.18. The molecule has 0 radical (unpaired) electrons. The molecule has 0 spiro atoms. The SMILES string of the molecule is CCCCCCCN1CCN(CC2CCC(=O)N(C)C2)CC1. The molecule has 0 aromatic heterocycles. The Morgan fingerprint density at radius 1 is 1.00 bits per heavy atom. The van der Waals surface area contributed by atoms with Crippen molar-refractivity contribution in [3.05, 3.63) is 0 Å². The first-order chi connectivity index (χ1) is 10.7. The van der Waals surface area contributed by atoms with Crippen LogP contribution < -0.4 is 0 Å². The average molecular weight is 309 g/mol. The number of amides is 1. The maximum absolute atomic E-state index is 11.5. The van der Waals surface area contributed by atoms with Gasteiger partial charge < -0.3 is 14.7 Å². The summed E-state index contributed by atoms with van der Waals surface area (Å²) in [6, 6.07) is 0. The lowest BCUT2D eigenvalue weighted by molar-refractivity contribution is -0.133. The van der Waals surface area contributed by atoms with E-state index in [0.29, 0.717) is 11.8 Å². The maximum Gasteiger partial charge on any atom is 0.222 e. The standard InChI is InChI=1S/C18H35N3O/c1-3-4-5-6-7-10-20-11-13-21(14-12-20)16-17-8-9-18(22)19(2)15-17/h17H,3-16H2,1-2H3. The van der Waals surface area contributed by atoms with Crippen LogP contribution in [0.2, 0.25) is 0 Å². The van der Waals surface area contributed by atoms with Crippen LogP contribution in [-0.4, -0.2) is 73.5 Å². The minimum atomic E-state index is 0.323. The Morgan fingerprint density at radius 2 is 1.68 bits per heavy atom. The van der Waals surface area contributed by atoms with Gasteiger partial charge >= 0.3 is 0 Å². The molecule has 1 atom stereocenters. The molecule has 4 heteroatoms. The van der Waals surface area contributed by atoms with Crippen molar-refractivity contribution in [1.29, 1.82) is 0 Å². The minimum absolute atomic E-state index is 0.323. The van der Waals surface area contributed by atoms with E-state index in [1.165, 1.54) is 71.4 Å². The molecule has 0 aliphatic carbocycles. The third-order valence-corrected chi connectivity index (χ3v) is 5.28. The fraction of sp³-hybridized carbons (Fsp3) is 0.944. The summed E-state index contributed by atoms with van der Waals surface area (Å²) in [5.74, 6) is 1.01. The number of carbonyl (C=O) groups excluding carboxylic acids is 1. The minimum Gasteiger partial charge on any atom is -0.345 e. The topological polar surface area (TPSA) is 26.8 Å². The van der Waals surface area contributed by atoms with Crippen molar-refractivity contribution in [3.8, 4) is 0 Å². The number of rotatable bonds is 8.